The van der Waals surface area contributed by atoms with Crippen LogP contribution in [0.5, 0.6) is 11.5 Å². The number of hydrogen-bond acceptors (Lipinski definition) is 4. The molecule has 1 amide bonds. The van der Waals surface area contributed by atoms with Crippen LogP contribution in [0.2, 0.25) is 0 Å². The first-order chi connectivity index (χ1) is 13.2. The Labute approximate surface area is 157 Å². The summed E-state index contributed by atoms with van der Waals surface area (Å²) in [5, 5.41) is 2.76. The minimum absolute atomic E-state index is 0.264. The lowest BCUT2D eigenvalue weighted by Gasteiger charge is -2.11. The Morgan fingerprint density at radius 2 is 1.56 bits per heavy atom. The third-order valence-electron chi connectivity index (χ3n) is 3.75. The van der Waals surface area contributed by atoms with Gasteiger partial charge in [0.1, 0.15) is 11.5 Å². The van der Waals surface area contributed by atoms with Crippen molar-refractivity contribution in [1.82, 2.24) is 0 Å². The van der Waals surface area contributed by atoms with Gasteiger partial charge in [0.2, 0.25) is 0 Å². The van der Waals surface area contributed by atoms with Gasteiger partial charge in [-0.3, -0.25) is 4.79 Å². The minimum atomic E-state index is -0.477. The zero-order valence-electron chi connectivity index (χ0n) is 14.8. The third-order valence-corrected chi connectivity index (χ3v) is 3.75. The van der Waals surface area contributed by atoms with Gasteiger partial charge in [0, 0.05) is 5.56 Å². The number of para-hydroxylation sites is 2. The second-order valence-electron chi connectivity index (χ2n) is 5.66. The summed E-state index contributed by atoms with van der Waals surface area (Å²) in [6.07, 6.45) is 0. The molecule has 0 aliphatic rings. The lowest BCUT2D eigenvalue weighted by molar-refractivity contribution is 0.0527. The minimum Gasteiger partial charge on any atom is -0.462 e. The van der Waals surface area contributed by atoms with Gasteiger partial charge in [-0.05, 0) is 49.4 Å². The number of carbonyl (C=O) groups is 2. The highest BCUT2D eigenvalue weighted by Gasteiger charge is 2.15. The number of rotatable bonds is 6. The number of esters is 1. The number of carbonyl (C=O) groups excluding carboxylic acids is 2. The van der Waals surface area contributed by atoms with E-state index in [-0.39, 0.29) is 12.5 Å². The second kappa shape index (κ2) is 8.67. The molecular formula is C22H19NO4. The molecule has 5 nitrogen and oxygen atoms in total. The molecule has 0 saturated heterocycles. The summed E-state index contributed by atoms with van der Waals surface area (Å²) in [7, 11) is 0. The van der Waals surface area contributed by atoms with E-state index in [1.54, 1.807) is 55.5 Å². The number of ether oxygens (including phenoxy) is 2. The predicted molar refractivity (Wildman–Crippen MR) is 103 cm³/mol. The van der Waals surface area contributed by atoms with Gasteiger partial charge in [-0.1, -0.05) is 36.4 Å². The molecule has 0 aromatic heterocycles. The van der Waals surface area contributed by atoms with E-state index in [1.165, 1.54) is 0 Å². The van der Waals surface area contributed by atoms with Crippen LogP contribution >= 0.6 is 0 Å². The highest BCUT2D eigenvalue weighted by Crippen LogP contribution is 2.23. The molecule has 0 heterocycles. The molecule has 0 aliphatic heterocycles. The molecule has 0 unspecified atom stereocenters. The van der Waals surface area contributed by atoms with E-state index in [0.717, 1.165) is 0 Å². The predicted octanol–water partition coefficient (Wildman–Crippen LogP) is 4.91. The fourth-order valence-corrected chi connectivity index (χ4v) is 2.50. The van der Waals surface area contributed by atoms with Gasteiger partial charge in [-0.25, -0.2) is 4.79 Å². The van der Waals surface area contributed by atoms with Crippen LogP contribution in [0.4, 0.5) is 5.69 Å². The van der Waals surface area contributed by atoms with Gasteiger partial charge in [0.25, 0.3) is 5.91 Å². The Morgan fingerprint density at radius 3 is 2.33 bits per heavy atom. The van der Waals surface area contributed by atoms with E-state index >= 15 is 0 Å². The van der Waals surface area contributed by atoms with Gasteiger partial charge in [0.05, 0.1) is 17.9 Å². The average Bonchev–Trinajstić information content (AvgIpc) is 2.69. The second-order valence-corrected chi connectivity index (χ2v) is 5.66. The van der Waals surface area contributed by atoms with E-state index in [1.807, 2.05) is 30.3 Å². The maximum atomic E-state index is 12.6. The Balaban J connectivity index is 1.77. The Bertz CT molecular complexity index is 938. The van der Waals surface area contributed by atoms with Crippen LogP contribution in [-0.4, -0.2) is 18.5 Å². The number of nitrogens with one attached hydrogen (secondary N) is 1. The van der Waals surface area contributed by atoms with Crippen LogP contribution < -0.4 is 10.1 Å². The summed E-state index contributed by atoms with van der Waals surface area (Å²) in [5.74, 6) is 0.412. The Morgan fingerprint density at radius 1 is 0.852 bits per heavy atom. The SMILES string of the molecule is CCOC(=O)c1ccccc1NC(=O)c1cccc(Oc2ccccc2)c1. The third kappa shape index (κ3) is 4.73. The first-order valence-electron chi connectivity index (χ1n) is 8.58. The molecule has 0 radical (unpaired) electrons. The number of hydrogen-bond donors (Lipinski definition) is 1. The standard InChI is InChI=1S/C22H19NO4/c1-2-26-22(25)19-13-6-7-14-20(19)23-21(24)16-9-8-12-18(15-16)27-17-10-4-3-5-11-17/h3-15H,2H2,1H3,(H,23,24). The normalized spacial score (nSPS) is 10.1. The molecule has 0 aliphatic carbocycles. The fraction of sp³-hybridized carbons (Fsp3) is 0.0909. The van der Waals surface area contributed by atoms with Crippen LogP contribution in [0.1, 0.15) is 27.6 Å². The van der Waals surface area contributed by atoms with Gasteiger partial charge >= 0.3 is 5.97 Å². The van der Waals surface area contributed by atoms with Crippen molar-refractivity contribution in [2.75, 3.05) is 11.9 Å². The summed E-state index contributed by atoms with van der Waals surface area (Å²) in [6.45, 7) is 2.00. The molecule has 27 heavy (non-hydrogen) atoms. The molecular weight excluding hydrogens is 342 g/mol. The van der Waals surface area contributed by atoms with Crippen molar-refractivity contribution in [1.29, 1.82) is 0 Å². The van der Waals surface area contributed by atoms with E-state index < -0.39 is 5.97 Å². The molecule has 136 valence electrons. The van der Waals surface area contributed by atoms with Crippen LogP contribution in [0, 0.1) is 0 Å². The molecule has 0 bridgehead atoms. The Kier molecular flexibility index (Phi) is 5.84. The van der Waals surface area contributed by atoms with Crippen molar-refractivity contribution < 1.29 is 19.1 Å². The van der Waals surface area contributed by atoms with Gasteiger partial charge < -0.3 is 14.8 Å². The largest absolute Gasteiger partial charge is 0.462 e. The van der Waals surface area contributed by atoms with Crippen molar-refractivity contribution >= 4 is 17.6 Å². The summed E-state index contributed by atoms with van der Waals surface area (Å²) in [6, 6.07) is 22.9. The molecule has 0 spiro atoms. The summed E-state index contributed by atoms with van der Waals surface area (Å²) >= 11 is 0. The van der Waals surface area contributed by atoms with Crippen molar-refractivity contribution in [3.05, 3.63) is 90.0 Å². The average molecular weight is 361 g/mol. The highest BCUT2D eigenvalue weighted by atomic mass is 16.5. The molecule has 3 aromatic rings. The van der Waals surface area contributed by atoms with Crippen LogP contribution in [0.3, 0.4) is 0 Å². The zero-order valence-corrected chi connectivity index (χ0v) is 14.8. The number of amides is 1. The smallest absolute Gasteiger partial charge is 0.340 e. The van der Waals surface area contributed by atoms with Crippen LogP contribution in [0.25, 0.3) is 0 Å². The summed E-state index contributed by atoms with van der Waals surface area (Å²) < 4.78 is 10.8. The van der Waals surface area contributed by atoms with Gasteiger partial charge in [-0.2, -0.15) is 0 Å². The van der Waals surface area contributed by atoms with Gasteiger partial charge in [0.15, 0.2) is 0 Å². The number of benzene rings is 3. The molecule has 3 rings (SSSR count). The van der Waals surface area contributed by atoms with Crippen LogP contribution in [-0.2, 0) is 4.74 Å². The molecule has 1 N–H and O–H groups in total. The molecule has 3 aromatic carbocycles. The molecule has 0 atom stereocenters. The van der Waals surface area contributed by atoms with Crippen molar-refractivity contribution in [3.63, 3.8) is 0 Å². The summed E-state index contributed by atoms with van der Waals surface area (Å²) in [5.41, 5.74) is 1.13. The lowest BCUT2D eigenvalue weighted by Crippen LogP contribution is -2.15. The van der Waals surface area contributed by atoms with Crippen molar-refractivity contribution in [2.45, 2.75) is 6.92 Å². The van der Waals surface area contributed by atoms with E-state index in [0.29, 0.717) is 28.3 Å². The van der Waals surface area contributed by atoms with Crippen molar-refractivity contribution in [3.8, 4) is 11.5 Å². The molecule has 0 fully saturated rings. The van der Waals surface area contributed by atoms with Crippen molar-refractivity contribution in [2.24, 2.45) is 0 Å². The molecule has 5 heteroatoms. The quantitative estimate of drug-likeness (QED) is 0.634. The van der Waals surface area contributed by atoms with E-state index in [9.17, 15) is 9.59 Å². The molecule has 0 saturated carbocycles. The maximum Gasteiger partial charge on any atom is 0.340 e. The van der Waals surface area contributed by atoms with Crippen LogP contribution in [0.15, 0.2) is 78.9 Å². The maximum absolute atomic E-state index is 12.6. The first kappa shape index (κ1) is 18.2. The fourth-order valence-electron chi connectivity index (χ4n) is 2.50. The zero-order chi connectivity index (χ0) is 19.1. The van der Waals surface area contributed by atoms with E-state index in [4.69, 9.17) is 9.47 Å². The van der Waals surface area contributed by atoms with E-state index in [2.05, 4.69) is 5.32 Å². The summed E-state index contributed by atoms with van der Waals surface area (Å²) in [4.78, 5) is 24.7. The Hall–Kier alpha value is -3.60. The topological polar surface area (TPSA) is 64.6 Å². The highest BCUT2D eigenvalue weighted by molar-refractivity contribution is 6.08. The number of anilines is 1. The monoisotopic (exact) mass is 361 g/mol. The lowest BCUT2D eigenvalue weighted by atomic mass is 10.1. The first-order valence-corrected chi connectivity index (χ1v) is 8.58. The van der Waals surface area contributed by atoms with Gasteiger partial charge in [-0.15, -0.1) is 0 Å².